The van der Waals surface area contributed by atoms with Gasteiger partial charge in [-0.1, -0.05) is 32.0 Å². The molecule has 1 atom stereocenters. The number of fused-ring (bicyclic) bond motifs is 1. The second kappa shape index (κ2) is 7.11. The van der Waals surface area contributed by atoms with Crippen LogP contribution in [0.3, 0.4) is 0 Å². The molecule has 2 aromatic heterocycles. The summed E-state index contributed by atoms with van der Waals surface area (Å²) < 4.78 is 1.73. The first-order valence-electron chi connectivity index (χ1n) is 8.71. The third-order valence-corrected chi connectivity index (χ3v) is 4.61. The van der Waals surface area contributed by atoms with Gasteiger partial charge in [-0.3, -0.25) is 9.48 Å². The van der Waals surface area contributed by atoms with Gasteiger partial charge in [-0.05, 0) is 30.9 Å². The van der Waals surface area contributed by atoms with Gasteiger partial charge >= 0.3 is 0 Å². The van der Waals surface area contributed by atoms with Crippen LogP contribution in [0.15, 0.2) is 30.5 Å². The molecular weight excluding hydrogens is 314 g/mol. The van der Waals surface area contributed by atoms with Gasteiger partial charge in [0.1, 0.15) is 5.82 Å². The van der Waals surface area contributed by atoms with E-state index in [1.165, 1.54) is 0 Å². The maximum absolute atomic E-state index is 12.6. The molecule has 0 spiro atoms. The van der Waals surface area contributed by atoms with Crippen LogP contribution in [-0.4, -0.2) is 26.7 Å². The van der Waals surface area contributed by atoms with E-state index in [0.717, 1.165) is 46.4 Å². The summed E-state index contributed by atoms with van der Waals surface area (Å²) in [5, 5.41) is 8.56. The molecule has 25 heavy (non-hydrogen) atoms. The fourth-order valence-corrected chi connectivity index (χ4v) is 3.27. The van der Waals surface area contributed by atoms with Crippen molar-refractivity contribution in [1.82, 2.24) is 14.8 Å². The lowest BCUT2D eigenvalue weighted by Crippen LogP contribution is -2.38. The van der Waals surface area contributed by atoms with Crippen molar-refractivity contribution in [2.45, 2.75) is 39.2 Å². The molecule has 3 rings (SSSR count). The van der Waals surface area contributed by atoms with E-state index in [0.29, 0.717) is 6.42 Å². The molecule has 0 aliphatic carbocycles. The molecule has 0 radical (unpaired) electrons. The topological polar surface area (TPSA) is 88.7 Å². The summed E-state index contributed by atoms with van der Waals surface area (Å²) in [6.45, 7) is 4.13. The lowest BCUT2D eigenvalue weighted by Gasteiger charge is -2.13. The van der Waals surface area contributed by atoms with Gasteiger partial charge in [-0.15, -0.1) is 0 Å². The zero-order chi connectivity index (χ0) is 18.0. The Morgan fingerprint density at radius 3 is 2.80 bits per heavy atom. The van der Waals surface area contributed by atoms with E-state index >= 15 is 0 Å². The van der Waals surface area contributed by atoms with Gasteiger partial charge in [0.15, 0.2) is 0 Å². The number of nitrogens with zero attached hydrogens (tertiary/aromatic N) is 2. The highest BCUT2D eigenvalue weighted by Gasteiger charge is 2.20. The molecule has 0 saturated carbocycles. The van der Waals surface area contributed by atoms with Crippen LogP contribution in [0, 0.1) is 0 Å². The predicted molar refractivity (Wildman–Crippen MR) is 101 cm³/mol. The molecule has 0 aliphatic rings. The number of aromatic amines is 1. The second-order valence-corrected chi connectivity index (χ2v) is 6.26. The summed E-state index contributed by atoms with van der Waals surface area (Å²) >= 11 is 0. The molecule has 0 aliphatic heterocycles. The van der Waals surface area contributed by atoms with Crippen LogP contribution in [0.5, 0.6) is 0 Å². The largest absolute Gasteiger partial charge is 0.361 e. The highest BCUT2D eigenvalue weighted by molar-refractivity contribution is 5.95. The number of carbonyl (C=O) groups is 1. The minimum atomic E-state index is -0.621. The Morgan fingerprint density at radius 2 is 2.08 bits per heavy atom. The van der Waals surface area contributed by atoms with E-state index in [4.69, 9.17) is 5.73 Å². The highest BCUT2D eigenvalue weighted by Crippen LogP contribution is 2.22. The van der Waals surface area contributed by atoms with E-state index in [-0.39, 0.29) is 5.91 Å². The Bertz CT molecular complexity index is 892. The maximum Gasteiger partial charge on any atom is 0.242 e. The first-order valence-corrected chi connectivity index (χ1v) is 8.71. The van der Waals surface area contributed by atoms with Gasteiger partial charge < -0.3 is 16.0 Å². The van der Waals surface area contributed by atoms with E-state index in [1.54, 1.807) is 4.68 Å². The molecule has 0 saturated heterocycles. The SMILES string of the molecule is CCc1nn(C)c(NC(=O)[C@H](N)Cc2c[nH]c3ccccc23)c1CC. The fourth-order valence-electron chi connectivity index (χ4n) is 3.27. The number of hydrogen-bond acceptors (Lipinski definition) is 3. The lowest BCUT2D eigenvalue weighted by atomic mass is 10.0. The number of aryl methyl sites for hydroxylation is 2. The summed E-state index contributed by atoms with van der Waals surface area (Å²) in [7, 11) is 1.85. The van der Waals surface area contributed by atoms with Crippen molar-refractivity contribution in [3.63, 3.8) is 0 Å². The Kier molecular flexibility index (Phi) is 4.90. The van der Waals surface area contributed by atoms with Gasteiger partial charge in [-0.2, -0.15) is 5.10 Å². The molecule has 2 heterocycles. The average Bonchev–Trinajstić information content (AvgIpc) is 3.16. The smallest absolute Gasteiger partial charge is 0.242 e. The van der Waals surface area contributed by atoms with E-state index in [2.05, 4.69) is 29.2 Å². The minimum absolute atomic E-state index is 0.189. The fraction of sp³-hybridized carbons (Fsp3) is 0.368. The molecule has 6 nitrogen and oxygen atoms in total. The molecule has 6 heteroatoms. The molecule has 3 aromatic rings. The predicted octanol–water partition coefficient (Wildman–Crippen LogP) is 2.53. The van der Waals surface area contributed by atoms with Gasteiger partial charge in [0.05, 0.1) is 11.7 Å². The Balaban J connectivity index is 1.76. The highest BCUT2D eigenvalue weighted by atomic mass is 16.2. The monoisotopic (exact) mass is 339 g/mol. The summed E-state index contributed by atoms with van der Waals surface area (Å²) in [5.74, 6) is 0.560. The van der Waals surface area contributed by atoms with Gasteiger partial charge in [-0.25, -0.2) is 0 Å². The number of aromatic nitrogens is 3. The lowest BCUT2D eigenvalue weighted by molar-refractivity contribution is -0.117. The molecule has 132 valence electrons. The molecular formula is C19H25N5O. The third-order valence-electron chi connectivity index (χ3n) is 4.61. The standard InChI is InChI=1S/C19H25N5O/c1-4-13-16(5-2)23-24(3)18(13)22-19(25)15(20)10-12-11-21-17-9-7-6-8-14(12)17/h6-9,11,15,21H,4-5,10,20H2,1-3H3,(H,22,25)/t15-/m1/s1. The van der Waals surface area contributed by atoms with E-state index in [9.17, 15) is 4.79 Å². The number of H-pyrrole nitrogens is 1. The van der Waals surface area contributed by atoms with Crippen molar-refractivity contribution >= 4 is 22.6 Å². The average molecular weight is 339 g/mol. The minimum Gasteiger partial charge on any atom is -0.361 e. The van der Waals surface area contributed by atoms with Gasteiger partial charge in [0.25, 0.3) is 0 Å². The number of benzene rings is 1. The number of anilines is 1. The molecule has 0 unspecified atom stereocenters. The first kappa shape index (κ1) is 17.2. The van der Waals surface area contributed by atoms with Crippen LogP contribution in [0.1, 0.15) is 30.7 Å². The van der Waals surface area contributed by atoms with E-state index in [1.807, 2.05) is 37.5 Å². The molecule has 1 aromatic carbocycles. The summed E-state index contributed by atoms with van der Waals surface area (Å²) in [6.07, 6.45) is 4.07. The van der Waals surface area contributed by atoms with Crippen molar-refractivity contribution in [2.24, 2.45) is 12.8 Å². The van der Waals surface area contributed by atoms with Crippen LogP contribution in [0.2, 0.25) is 0 Å². The van der Waals surface area contributed by atoms with Crippen molar-refractivity contribution < 1.29 is 4.79 Å². The third kappa shape index (κ3) is 3.30. The number of nitrogens with two attached hydrogens (primary N) is 1. The van der Waals surface area contributed by atoms with Crippen LogP contribution in [0.4, 0.5) is 5.82 Å². The van der Waals surface area contributed by atoms with Gasteiger partial charge in [0.2, 0.25) is 5.91 Å². The van der Waals surface area contributed by atoms with Crippen LogP contribution < -0.4 is 11.1 Å². The van der Waals surface area contributed by atoms with Crippen LogP contribution in [0.25, 0.3) is 10.9 Å². The Labute approximate surface area is 147 Å². The molecule has 0 fully saturated rings. The molecule has 0 bridgehead atoms. The maximum atomic E-state index is 12.6. The molecule has 4 N–H and O–H groups in total. The number of amides is 1. The second-order valence-electron chi connectivity index (χ2n) is 6.26. The van der Waals surface area contributed by atoms with Crippen LogP contribution >= 0.6 is 0 Å². The number of hydrogen-bond donors (Lipinski definition) is 3. The number of carbonyl (C=O) groups excluding carboxylic acids is 1. The Morgan fingerprint density at radius 1 is 1.32 bits per heavy atom. The van der Waals surface area contributed by atoms with E-state index < -0.39 is 6.04 Å². The van der Waals surface area contributed by atoms with Crippen molar-refractivity contribution in [1.29, 1.82) is 0 Å². The van der Waals surface area contributed by atoms with Crippen molar-refractivity contribution in [2.75, 3.05) is 5.32 Å². The van der Waals surface area contributed by atoms with Crippen molar-refractivity contribution in [3.8, 4) is 0 Å². The number of para-hydroxylation sites is 1. The zero-order valence-electron chi connectivity index (χ0n) is 15.0. The quantitative estimate of drug-likeness (QED) is 0.645. The zero-order valence-corrected chi connectivity index (χ0v) is 15.0. The first-order chi connectivity index (χ1) is 12.0. The van der Waals surface area contributed by atoms with Gasteiger partial charge in [0, 0.05) is 29.7 Å². The number of nitrogens with one attached hydrogen (secondary N) is 2. The number of rotatable bonds is 6. The summed E-state index contributed by atoms with van der Waals surface area (Å²) in [4.78, 5) is 15.8. The summed E-state index contributed by atoms with van der Waals surface area (Å²) in [5.41, 5.74) is 10.4. The normalized spacial score (nSPS) is 12.5. The molecule has 1 amide bonds. The Hall–Kier alpha value is -2.60. The summed E-state index contributed by atoms with van der Waals surface area (Å²) in [6, 6.07) is 7.40. The van der Waals surface area contributed by atoms with Crippen molar-refractivity contribution in [3.05, 3.63) is 47.3 Å². The van der Waals surface area contributed by atoms with Crippen LogP contribution in [-0.2, 0) is 31.1 Å².